The van der Waals surface area contributed by atoms with Gasteiger partial charge in [-0.25, -0.2) is 0 Å². The van der Waals surface area contributed by atoms with E-state index in [0.717, 1.165) is 0 Å². The maximum atomic E-state index is 10.4. The molecule has 0 aromatic heterocycles. The molecule has 0 saturated heterocycles. The molecule has 4 heteroatoms. The quantitative estimate of drug-likeness (QED) is 0.590. The molecule has 1 N–H and O–H groups in total. The Kier molecular flexibility index (Phi) is 4.96. The largest absolute Gasteiger partial charge is 0.343 e. The molecular weight excluding hydrogens is 243 g/mol. The minimum Gasteiger partial charge on any atom is -0.343 e. The maximum absolute atomic E-state index is 10.4. The van der Waals surface area contributed by atoms with Crippen LogP contribution in [0.2, 0.25) is 0 Å². The van der Waals surface area contributed by atoms with Crippen molar-refractivity contribution in [3.8, 4) is 0 Å². The van der Waals surface area contributed by atoms with Gasteiger partial charge in [-0.2, -0.15) is 0 Å². The van der Waals surface area contributed by atoms with Gasteiger partial charge in [0.25, 0.3) is 0 Å². The van der Waals surface area contributed by atoms with Gasteiger partial charge in [0.15, 0.2) is 0 Å². The van der Waals surface area contributed by atoms with Gasteiger partial charge in [-0.1, -0.05) is 18.2 Å². The first-order valence-electron chi connectivity index (χ1n) is 2.59. The molecule has 0 aliphatic rings. The Balaban J connectivity index is 0.000000810. The normalized spacial score (nSPS) is 11.7. The fourth-order valence-electron chi connectivity index (χ4n) is 0.581. The van der Waals surface area contributed by atoms with Crippen molar-refractivity contribution in [2.45, 2.75) is 0 Å². The monoisotopic (exact) mass is 249 g/mol. The van der Waals surface area contributed by atoms with Crippen molar-refractivity contribution in [2.75, 3.05) is 0 Å². The maximum Gasteiger partial charge on any atom is 0.218 e. The Morgan fingerprint density at radius 3 is 2.00 bits per heavy atom. The van der Waals surface area contributed by atoms with Gasteiger partial charge in [0.1, 0.15) is 0 Å². The number of hydrogen-bond donors (Lipinski definition) is 1. The molecule has 0 heterocycles. The predicted molar refractivity (Wildman–Crippen MR) is 37.3 cm³/mol. The van der Waals surface area contributed by atoms with Gasteiger partial charge in [-0.3, -0.25) is 4.57 Å². The van der Waals surface area contributed by atoms with Crippen LogP contribution in [0.25, 0.3) is 0 Å². The second-order valence-corrected chi connectivity index (χ2v) is 2.86. The topological polar surface area (TPSA) is 37.3 Å². The first-order valence-corrected chi connectivity index (χ1v) is 3.94. The molecule has 0 fully saturated rings. The van der Waals surface area contributed by atoms with Gasteiger partial charge < -0.3 is 4.89 Å². The van der Waals surface area contributed by atoms with Gasteiger partial charge in [-0.05, 0) is 12.1 Å². The Labute approximate surface area is 75.7 Å². The molecular formula is C6H7AgO2P. The summed E-state index contributed by atoms with van der Waals surface area (Å²) in [6.45, 7) is 0. The van der Waals surface area contributed by atoms with Gasteiger partial charge in [0.05, 0.1) is 0 Å². The van der Waals surface area contributed by atoms with E-state index in [-0.39, 0.29) is 22.4 Å². The summed E-state index contributed by atoms with van der Waals surface area (Å²) < 4.78 is 10.4. The Hall–Kier alpha value is 0.150. The second-order valence-electron chi connectivity index (χ2n) is 1.67. The third-order valence-electron chi connectivity index (χ3n) is 1.02. The molecule has 0 saturated carbocycles. The molecule has 1 rings (SSSR count). The number of benzene rings is 1. The van der Waals surface area contributed by atoms with Crippen LogP contribution in [-0.2, 0) is 26.9 Å². The van der Waals surface area contributed by atoms with E-state index in [9.17, 15) is 4.57 Å². The first kappa shape index (κ1) is 10.2. The summed E-state index contributed by atoms with van der Waals surface area (Å²) in [5, 5.41) is 0.516. The van der Waals surface area contributed by atoms with Crippen molar-refractivity contribution in [2.24, 2.45) is 0 Å². The molecule has 1 atom stereocenters. The van der Waals surface area contributed by atoms with Crippen molar-refractivity contribution < 1.29 is 31.8 Å². The molecule has 0 spiro atoms. The summed E-state index contributed by atoms with van der Waals surface area (Å²) in [7, 11) is -2.46. The summed E-state index contributed by atoms with van der Waals surface area (Å²) in [4.78, 5) is 8.57. The van der Waals surface area contributed by atoms with E-state index in [4.69, 9.17) is 4.89 Å². The molecule has 1 unspecified atom stereocenters. The van der Waals surface area contributed by atoms with E-state index in [0.29, 0.717) is 5.30 Å². The third-order valence-corrected chi connectivity index (χ3v) is 1.85. The van der Waals surface area contributed by atoms with Gasteiger partial charge in [-0.15, -0.1) is 0 Å². The Morgan fingerprint density at radius 2 is 1.70 bits per heavy atom. The second kappa shape index (κ2) is 4.89. The fraction of sp³-hybridized carbons (Fsp3) is 0. The van der Waals surface area contributed by atoms with Crippen LogP contribution >= 0.6 is 8.03 Å². The average molecular weight is 250 g/mol. The zero-order valence-electron chi connectivity index (χ0n) is 5.04. The van der Waals surface area contributed by atoms with E-state index in [1.807, 2.05) is 6.07 Å². The predicted octanol–water partition coefficient (Wildman–Crippen LogP) is 0.776. The van der Waals surface area contributed by atoms with Crippen LogP contribution in [0, 0.1) is 0 Å². The van der Waals surface area contributed by atoms with E-state index < -0.39 is 8.03 Å². The van der Waals surface area contributed by atoms with Crippen molar-refractivity contribution in [1.82, 2.24) is 0 Å². The van der Waals surface area contributed by atoms with Crippen LogP contribution in [0.3, 0.4) is 0 Å². The molecule has 1 radical (unpaired) electrons. The van der Waals surface area contributed by atoms with Gasteiger partial charge in [0.2, 0.25) is 8.03 Å². The van der Waals surface area contributed by atoms with E-state index in [1.54, 1.807) is 24.3 Å². The number of rotatable bonds is 1. The molecule has 2 nitrogen and oxygen atoms in total. The molecule has 59 valence electrons. The van der Waals surface area contributed by atoms with Crippen LogP contribution in [0.4, 0.5) is 0 Å². The number of hydrogen-bond acceptors (Lipinski definition) is 1. The molecule has 0 aliphatic carbocycles. The SMILES string of the molecule is O=[PH](O)c1ccccc1.[Ag]. The molecule has 1 aromatic carbocycles. The van der Waals surface area contributed by atoms with Crippen LogP contribution < -0.4 is 5.30 Å². The Bertz CT molecular complexity index is 212. The van der Waals surface area contributed by atoms with Crippen molar-refractivity contribution in [3.63, 3.8) is 0 Å². The summed E-state index contributed by atoms with van der Waals surface area (Å²) in [5.74, 6) is 0. The van der Waals surface area contributed by atoms with Crippen molar-refractivity contribution in [1.29, 1.82) is 0 Å². The summed E-state index contributed by atoms with van der Waals surface area (Å²) in [6.07, 6.45) is 0. The van der Waals surface area contributed by atoms with Gasteiger partial charge >= 0.3 is 0 Å². The van der Waals surface area contributed by atoms with Gasteiger partial charge in [0, 0.05) is 27.7 Å². The molecule has 1 aromatic rings. The minimum atomic E-state index is -2.46. The first-order chi connectivity index (χ1) is 4.30. The molecule has 0 aliphatic heterocycles. The minimum absolute atomic E-state index is 0. The van der Waals surface area contributed by atoms with Crippen LogP contribution in [0.15, 0.2) is 30.3 Å². The smallest absolute Gasteiger partial charge is 0.218 e. The zero-order valence-corrected chi connectivity index (χ0v) is 7.53. The van der Waals surface area contributed by atoms with Crippen molar-refractivity contribution >= 4 is 13.3 Å². The Morgan fingerprint density at radius 1 is 1.20 bits per heavy atom. The van der Waals surface area contributed by atoms with Crippen LogP contribution in [-0.4, -0.2) is 4.89 Å². The van der Waals surface area contributed by atoms with Crippen molar-refractivity contribution in [3.05, 3.63) is 30.3 Å². The third kappa shape index (κ3) is 2.82. The fourth-order valence-corrected chi connectivity index (χ4v) is 1.06. The average Bonchev–Trinajstić information content (AvgIpc) is 1.90. The molecule has 0 amide bonds. The van der Waals surface area contributed by atoms with E-state index >= 15 is 0 Å². The van der Waals surface area contributed by atoms with Crippen LogP contribution in [0.5, 0.6) is 0 Å². The standard InChI is InChI=1S/C6H7O2P.Ag/c7-9(8)6-4-2-1-3-5-6;/h1-5,9H,(H,7,8);. The van der Waals surface area contributed by atoms with E-state index in [1.165, 1.54) is 0 Å². The summed E-state index contributed by atoms with van der Waals surface area (Å²) in [5.41, 5.74) is 0. The molecule has 0 bridgehead atoms. The summed E-state index contributed by atoms with van der Waals surface area (Å²) in [6, 6.07) is 8.58. The molecule has 10 heavy (non-hydrogen) atoms. The summed E-state index contributed by atoms with van der Waals surface area (Å²) >= 11 is 0. The van der Waals surface area contributed by atoms with E-state index in [2.05, 4.69) is 0 Å². The zero-order chi connectivity index (χ0) is 6.69. The van der Waals surface area contributed by atoms with Crippen LogP contribution in [0.1, 0.15) is 0 Å².